The molecule has 0 bridgehead atoms. The lowest BCUT2D eigenvalue weighted by Gasteiger charge is -2.22. The smallest absolute Gasteiger partial charge is 0.120 e. The van der Waals surface area contributed by atoms with E-state index >= 15 is 0 Å². The van der Waals surface area contributed by atoms with Crippen molar-refractivity contribution in [1.29, 1.82) is 0 Å². The Bertz CT molecular complexity index is 738. The molecule has 0 radical (unpaired) electrons. The van der Waals surface area contributed by atoms with Gasteiger partial charge in [0, 0.05) is 42.3 Å². The van der Waals surface area contributed by atoms with Crippen molar-refractivity contribution in [3.05, 3.63) is 30.0 Å². The zero-order chi connectivity index (χ0) is 16.6. The van der Waals surface area contributed by atoms with Crippen LogP contribution in [0.5, 0.6) is 5.75 Å². The molecule has 2 aromatic rings. The molecule has 3 fully saturated rings. The molecule has 1 aromatic carbocycles. The molecule has 2 N–H and O–H groups in total. The van der Waals surface area contributed by atoms with E-state index in [1.807, 2.05) is 0 Å². The van der Waals surface area contributed by atoms with Crippen molar-refractivity contribution in [1.82, 2.24) is 15.2 Å². The molecule has 5 heteroatoms. The molecule has 134 valence electrons. The first-order chi connectivity index (χ1) is 12.4. The third kappa shape index (κ3) is 3.28. The van der Waals surface area contributed by atoms with Gasteiger partial charge in [-0.15, -0.1) is 0 Å². The number of fused-ring (bicyclic) bond motifs is 2. The highest BCUT2D eigenvalue weighted by molar-refractivity contribution is 5.82. The fraction of sp³-hybridized carbons (Fsp3) is 0.600. The number of piperidine rings is 1. The number of rotatable bonds is 6. The van der Waals surface area contributed by atoms with E-state index in [9.17, 15) is 0 Å². The van der Waals surface area contributed by atoms with Crippen LogP contribution in [0.4, 0.5) is 0 Å². The van der Waals surface area contributed by atoms with Gasteiger partial charge in [-0.2, -0.15) is 0 Å². The molecule has 25 heavy (non-hydrogen) atoms. The van der Waals surface area contributed by atoms with Crippen molar-refractivity contribution >= 4 is 10.9 Å². The maximum Gasteiger partial charge on any atom is 0.120 e. The Balaban J connectivity index is 1.17. The van der Waals surface area contributed by atoms with Gasteiger partial charge in [0.2, 0.25) is 0 Å². The second-order valence-electron chi connectivity index (χ2n) is 7.63. The number of nitrogens with one attached hydrogen (secondary N) is 2. The normalized spacial score (nSPS) is 29.0. The summed E-state index contributed by atoms with van der Waals surface area (Å²) in [6.07, 6.45) is 4.09. The summed E-state index contributed by atoms with van der Waals surface area (Å²) in [5, 5.41) is 4.58. The summed E-state index contributed by atoms with van der Waals surface area (Å²) in [5.74, 6) is 1.99. The SMILES string of the molecule is c1cc2[nH]c(C3CNCCO3)cc2cc1OCCCN1CCC2CC21. The van der Waals surface area contributed by atoms with E-state index in [0.29, 0.717) is 0 Å². The summed E-state index contributed by atoms with van der Waals surface area (Å²) >= 11 is 0. The maximum atomic E-state index is 5.99. The lowest BCUT2D eigenvalue weighted by molar-refractivity contribution is 0.0255. The van der Waals surface area contributed by atoms with Crippen LogP contribution in [0.3, 0.4) is 0 Å². The zero-order valence-electron chi connectivity index (χ0n) is 14.7. The van der Waals surface area contributed by atoms with Gasteiger partial charge in [0.25, 0.3) is 0 Å². The van der Waals surface area contributed by atoms with Gasteiger partial charge in [0.1, 0.15) is 11.9 Å². The maximum absolute atomic E-state index is 5.99. The van der Waals surface area contributed by atoms with Crippen LogP contribution in [-0.2, 0) is 4.74 Å². The molecule has 3 unspecified atom stereocenters. The molecular weight excluding hydrogens is 314 g/mol. The summed E-state index contributed by atoms with van der Waals surface area (Å²) in [4.78, 5) is 6.13. The Morgan fingerprint density at radius 3 is 3.08 bits per heavy atom. The van der Waals surface area contributed by atoms with Gasteiger partial charge in [-0.3, -0.25) is 4.90 Å². The van der Waals surface area contributed by atoms with Crippen LogP contribution in [0.2, 0.25) is 0 Å². The van der Waals surface area contributed by atoms with E-state index in [-0.39, 0.29) is 6.10 Å². The van der Waals surface area contributed by atoms with E-state index in [1.54, 1.807) is 0 Å². The van der Waals surface area contributed by atoms with Crippen LogP contribution in [-0.4, -0.2) is 55.3 Å². The fourth-order valence-corrected chi connectivity index (χ4v) is 4.38. The van der Waals surface area contributed by atoms with Gasteiger partial charge in [0.05, 0.1) is 13.2 Å². The predicted octanol–water partition coefficient (Wildman–Crippen LogP) is 2.69. The summed E-state index contributed by atoms with van der Waals surface area (Å²) in [6, 6.07) is 9.41. The highest BCUT2D eigenvalue weighted by Crippen LogP contribution is 2.44. The number of hydrogen-bond donors (Lipinski definition) is 2. The van der Waals surface area contributed by atoms with Crippen molar-refractivity contribution in [3.8, 4) is 5.75 Å². The van der Waals surface area contributed by atoms with Crippen molar-refractivity contribution in [2.75, 3.05) is 39.4 Å². The number of morpholine rings is 1. The van der Waals surface area contributed by atoms with Crippen LogP contribution in [0.15, 0.2) is 24.3 Å². The molecule has 3 heterocycles. The molecule has 0 spiro atoms. The lowest BCUT2D eigenvalue weighted by Crippen LogP contribution is -2.33. The molecule has 5 rings (SSSR count). The summed E-state index contributed by atoms with van der Waals surface area (Å²) in [7, 11) is 0. The number of aromatic amines is 1. The van der Waals surface area contributed by atoms with E-state index in [2.05, 4.69) is 39.5 Å². The summed E-state index contributed by atoms with van der Waals surface area (Å²) in [5.41, 5.74) is 2.29. The highest BCUT2D eigenvalue weighted by atomic mass is 16.5. The number of nitrogens with zero attached hydrogens (tertiary/aromatic N) is 1. The number of ether oxygens (including phenoxy) is 2. The first-order valence-electron chi connectivity index (χ1n) is 9.69. The Hall–Kier alpha value is -1.56. The second-order valence-corrected chi connectivity index (χ2v) is 7.63. The van der Waals surface area contributed by atoms with Gasteiger partial charge in [-0.25, -0.2) is 0 Å². The van der Waals surface area contributed by atoms with Crippen LogP contribution < -0.4 is 10.1 Å². The molecule has 1 saturated carbocycles. The quantitative estimate of drug-likeness (QED) is 0.793. The topological polar surface area (TPSA) is 49.5 Å². The molecule has 5 nitrogen and oxygen atoms in total. The minimum absolute atomic E-state index is 0.122. The summed E-state index contributed by atoms with van der Waals surface area (Å²) in [6.45, 7) is 5.86. The minimum atomic E-state index is 0.122. The van der Waals surface area contributed by atoms with Crippen LogP contribution >= 0.6 is 0 Å². The van der Waals surface area contributed by atoms with Crippen molar-refractivity contribution in [3.63, 3.8) is 0 Å². The Labute approximate surface area is 148 Å². The molecule has 3 atom stereocenters. The Morgan fingerprint density at radius 2 is 2.28 bits per heavy atom. The number of H-pyrrole nitrogens is 1. The van der Waals surface area contributed by atoms with Crippen molar-refractivity contribution in [2.24, 2.45) is 5.92 Å². The molecule has 1 aliphatic carbocycles. The number of likely N-dealkylation sites (tertiary alicyclic amines) is 1. The van der Waals surface area contributed by atoms with Gasteiger partial charge < -0.3 is 19.8 Å². The molecule has 0 amide bonds. The lowest BCUT2D eigenvalue weighted by atomic mass is 10.2. The third-order valence-electron chi connectivity index (χ3n) is 5.89. The molecule has 2 saturated heterocycles. The Morgan fingerprint density at radius 1 is 1.28 bits per heavy atom. The van der Waals surface area contributed by atoms with Crippen molar-refractivity contribution < 1.29 is 9.47 Å². The molecular formula is C20H27N3O2. The third-order valence-corrected chi connectivity index (χ3v) is 5.89. The molecule has 1 aromatic heterocycles. The number of hydrogen-bond acceptors (Lipinski definition) is 4. The largest absolute Gasteiger partial charge is 0.494 e. The van der Waals surface area contributed by atoms with Gasteiger partial charge in [-0.1, -0.05) is 0 Å². The average Bonchev–Trinajstić information content (AvgIpc) is 3.13. The van der Waals surface area contributed by atoms with E-state index < -0.39 is 0 Å². The molecule has 3 aliphatic rings. The van der Waals surface area contributed by atoms with Crippen molar-refractivity contribution in [2.45, 2.75) is 31.4 Å². The summed E-state index contributed by atoms with van der Waals surface area (Å²) < 4.78 is 11.8. The minimum Gasteiger partial charge on any atom is -0.494 e. The van der Waals surface area contributed by atoms with Gasteiger partial charge >= 0.3 is 0 Å². The van der Waals surface area contributed by atoms with E-state index in [1.165, 1.54) is 31.3 Å². The van der Waals surface area contributed by atoms with Gasteiger partial charge in [0.15, 0.2) is 0 Å². The first-order valence-corrected chi connectivity index (χ1v) is 9.69. The number of aromatic nitrogens is 1. The highest BCUT2D eigenvalue weighted by Gasteiger charge is 2.46. The van der Waals surface area contributed by atoms with E-state index in [0.717, 1.165) is 61.6 Å². The van der Waals surface area contributed by atoms with Crippen LogP contribution in [0.1, 0.15) is 31.1 Å². The second kappa shape index (κ2) is 6.63. The average molecular weight is 341 g/mol. The van der Waals surface area contributed by atoms with Crippen LogP contribution in [0, 0.1) is 5.92 Å². The first kappa shape index (κ1) is 15.7. The van der Waals surface area contributed by atoms with Crippen LogP contribution in [0.25, 0.3) is 10.9 Å². The van der Waals surface area contributed by atoms with Gasteiger partial charge in [-0.05, 0) is 56.0 Å². The molecule has 2 aliphatic heterocycles. The predicted molar refractivity (Wildman–Crippen MR) is 98.1 cm³/mol. The van der Waals surface area contributed by atoms with E-state index in [4.69, 9.17) is 9.47 Å². The zero-order valence-corrected chi connectivity index (χ0v) is 14.7. The Kier molecular flexibility index (Phi) is 4.16. The number of benzene rings is 1. The standard InChI is InChI=1S/C20H27N3O2/c1(6-23-7-4-14-12-19(14)23)8-24-16-2-3-17-15(10-16)11-18(22-17)20-13-21-5-9-25-20/h2-3,10-11,14,19-22H,1,4-9,12-13H2. The fourth-order valence-electron chi connectivity index (χ4n) is 4.38. The monoisotopic (exact) mass is 341 g/mol.